The van der Waals surface area contributed by atoms with Gasteiger partial charge in [-0.05, 0) is 36.8 Å². The molecule has 0 spiro atoms. The van der Waals surface area contributed by atoms with E-state index in [1.165, 1.54) is 55.3 Å². The average Bonchev–Trinajstić information content (AvgIpc) is 2.72. The van der Waals surface area contributed by atoms with Crippen molar-refractivity contribution in [1.29, 1.82) is 0 Å². The van der Waals surface area contributed by atoms with E-state index in [1.807, 2.05) is 0 Å². The molecule has 0 aromatic heterocycles. The number of carbonyl (C=O) groups excluding carboxylic acids is 2. The highest BCUT2D eigenvalue weighted by atomic mass is 35.5. The molecule has 0 saturated carbocycles. The summed E-state index contributed by atoms with van der Waals surface area (Å²) in [6, 6.07) is 6.96. The van der Waals surface area contributed by atoms with Gasteiger partial charge in [-0.1, -0.05) is 46.9 Å². The van der Waals surface area contributed by atoms with Gasteiger partial charge in [0.05, 0.1) is 27.0 Å². The van der Waals surface area contributed by atoms with Crippen molar-refractivity contribution < 1.29 is 22.4 Å². The molecule has 12 heteroatoms. The molecule has 2 amide bonds. The van der Waals surface area contributed by atoms with E-state index in [0.29, 0.717) is 5.56 Å². The molecule has 0 aliphatic rings. The molecule has 1 atom stereocenters. The number of hydrogen-bond acceptors (Lipinski definition) is 4. The second-order valence-electron chi connectivity index (χ2n) is 6.93. The summed E-state index contributed by atoms with van der Waals surface area (Å²) in [5.41, 5.74) is 0.514. The van der Waals surface area contributed by atoms with Crippen LogP contribution in [0.4, 0.5) is 10.1 Å². The third-order valence-corrected chi connectivity index (χ3v) is 6.77. The Labute approximate surface area is 201 Å². The topological polar surface area (TPSA) is 86.8 Å². The summed E-state index contributed by atoms with van der Waals surface area (Å²) < 4.78 is 39.0. The van der Waals surface area contributed by atoms with E-state index in [1.54, 1.807) is 0 Å². The van der Waals surface area contributed by atoms with Gasteiger partial charge in [-0.15, -0.1) is 0 Å². The molecular weight excluding hydrogens is 504 g/mol. The zero-order chi connectivity index (χ0) is 24.2. The molecule has 2 aromatic carbocycles. The van der Waals surface area contributed by atoms with Crippen molar-refractivity contribution in [2.75, 3.05) is 24.2 Å². The summed E-state index contributed by atoms with van der Waals surface area (Å²) in [4.78, 5) is 26.7. The number of sulfonamides is 1. The molecule has 32 heavy (non-hydrogen) atoms. The fraction of sp³-hybridized carbons (Fsp3) is 0.300. The summed E-state index contributed by atoms with van der Waals surface area (Å²) in [5.74, 6) is -1.60. The third kappa shape index (κ3) is 6.48. The summed E-state index contributed by atoms with van der Waals surface area (Å²) in [5, 5.41) is 2.60. The van der Waals surface area contributed by atoms with Crippen molar-refractivity contribution >= 4 is 62.3 Å². The molecule has 1 N–H and O–H groups in total. The van der Waals surface area contributed by atoms with E-state index in [-0.39, 0.29) is 27.3 Å². The Morgan fingerprint density at radius 1 is 1.06 bits per heavy atom. The van der Waals surface area contributed by atoms with Gasteiger partial charge in [0.25, 0.3) is 0 Å². The number of carbonyl (C=O) groups is 2. The van der Waals surface area contributed by atoms with E-state index < -0.39 is 40.2 Å². The smallest absolute Gasteiger partial charge is 0.244 e. The van der Waals surface area contributed by atoms with Gasteiger partial charge in [-0.25, -0.2) is 12.8 Å². The summed E-state index contributed by atoms with van der Waals surface area (Å²) in [7, 11) is -2.56. The minimum Gasteiger partial charge on any atom is -0.357 e. The second kappa shape index (κ2) is 10.7. The van der Waals surface area contributed by atoms with Crippen LogP contribution >= 0.6 is 34.8 Å². The van der Waals surface area contributed by atoms with Crippen molar-refractivity contribution in [3.8, 4) is 0 Å². The number of amides is 2. The number of rotatable bonds is 8. The SMILES string of the molecule is CNC(=O)[C@H](C)N(Cc1ccc(F)cc1)C(=O)CN(c1cc(Cl)c(Cl)cc1Cl)S(C)(=O)=O. The molecule has 0 aliphatic carbocycles. The highest BCUT2D eigenvalue weighted by molar-refractivity contribution is 7.92. The Hall–Kier alpha value is -2.07. The third-order valence-electron chi connectivity index (χ3n) is 4.62. The zero-order valence-electron chi connectivity index (χ0n) is 17.4. The number of nitrogens with zero attached hydrogens (tertiary/aromatic N) is 2. The average molecular weight is 525 g/mol. The number of nitrogens with one attached hydrogen (secondary N) is 1. The van der Waals surface area contributed by atoms with E-state index in [9.17, 15) is 22.4 Å². The number of hydrogen-bond donors (Lipinski definition) is 1. The fourth-order valence-corrected chi connectivity index (χ4v) is 4.42. The predicted octanol–water partition coefficient (Wildman–Crippen LogP) is 3.72. The quantitative estimate of drug-likeness (QED) is 0.533. The molecule has 2 rings (SSSR count). The molecule has 0 heterocycles. The lowest BCUT2D eigenvalue weighted by Crippen LogP contribution is -2.50. The zero-order valence-corrected chi connectivity index (χ0v) is 20.5. The number of benzene rings is 2. The van der Waals surface area contributed by atoms with Gasteiger partial charge in [0.15, 0.2) is 0 Å². The molecule has 0 bridgehead atoms. The Balaban J connectivity index is 2.44. The predicted molar refractivity (Wildman–Crippen MR) is 124 cm³/mol. The van der Waals surface area contributed by atoms with Crippen molar-refractivity contribution in [3.05, 3.63) is 62.8 Å². The van der Waals surface area contributed by atoms with Crippen LogP contribution in [0.2, 0.25) is 15.1 Å². The molecule has 2 aromatic rings. The van der Waals surface area contributed by atoms with Crippen molar-refractivity contribution in [2.24, 2.45) is 0 Å². The van der Waals surface area contributed by atoms with E-state index in [4.69, 9.17) is 34.8 Å². The van der Waals surface area contributed by atoms with Crippen LogP contribution in [0.5, 0.6) is 0 Å². The lowest BCUT2D eigenvalue weighted by Gasteiger charge is -2.31. The number of likely N-dealkylation sites (N-methyl/N-ethyl adjacent to an activating group) is 1. The van der Waals surface area contributed by atoms with Crippen LogP contribution < -0.4 is 9.62 Å². The molecule has 174 valence electrons. The van der Waals surface area contributed by atoms with Crippen LogP contribution in [0.25, 0.3) is 0 Å². The molecular formula is C20H21Cl3FN3O4S. The Kier molecular flexibility index (Phi) is 8.75. The van der Waals surface area contributed by atoms with Crippen LogP contribution in [0, 0.1) is 5.82 Å². The van der Waals surface area contributed by atoms with E-state index in [0.717, 1.165) is 10.6 Å². The molecule has 7 nitrogen and oxygen atoms in total. The number of halogens is 4. The van der Waals surface area contributed by atoms with Gasteiger partial charge in [-0.3, -0.25) is 13.9 Å². The highest BCUT2D eigenvalue weighted by Gasteiger charge is 2.30. The lowest BCUT2D eigenvalue weighted by molar-refractivity contribution is -0.139. The minimum absolute atomic E-state index is 0.0259. The van der Waals surface area contributed by atoms with Crippen LogP contribution in [-0.2, 0) is 26.2 Å². The second-order valence-corrected chi connectivity index (χ2v) is 10.1. The first-order chi connectivity index (χ1) is 14.8. The Morgan fingerprint density at radius 2 is 1.62 bits per heavy atom. The first-order valence-electron chi connectivity index (χ1n) is 9.23. The van der Waals surface area contributed by atoms with Crippen molar-refractivity contribution in [2.45, 2.75) is 19.5 Å². The van der Waals surface area contributed by atoms with Gasteiger partial charge in [0.1, 0.15) is 18.4 Å². The van der Waals surface area contributed by atoms with Crippen molar-refractivity contribution in [1.82, 2.24) is 10.2 Å². The Bertz CT molecular complexity index is 1110. The number of anilines is 1. The van der Waals surface area contributed by atoms with Gasteiger partial charge in [-0.2, -0.15) is 0 Å². The minimum atomic E-state index is -3.98. The maximum atomic E-state index is 13.3. The first-order valence-corrected chi connectivity index (χ1v) is 12.2. The normalized spacial score (nSPS) is 12.2. The fourth-order valence-electron chi connectivity index (χ4n) is 2.88. The van der Waals surface area contributed by atoms with Gasteiger partial charge >= 0.3 is 0 Å². The van der Waals surface area contributed by atoms with Crippen molar-refractivity contribution in [3.63, 3.8) is 0 Å². The molecule has 0 radical (unpaired) electrons. The van der Waals surface area contributed by atoms with Crippen LogP contribution in [-0.4, -0.2) is 51.0 Å². The van der Waals surface area contributed by atoms with E-state index in [2.05, 4.69) is 5.32 Å². The van der Waals surface area contributed by atoms with Gasteiger partial charge in [0, 0.05) is 13.6 Å². The molecule has 0 unspecified atom stereocenters. The van der Waals surface area contributed by atoms with E-state index >= 15 is 0 Å². The summed E-state index contributed by atoms with van der Waals surface area (Å²) in [6.07, 6.45) is 0.908. The molecule has 0 fully saturated rings. The molecule has 0 saturated heterocycles. The largest absolute Gasteiger partial charge is 0.357 e. The lowest BCUT2D eigenvalue weighted by atomic mass is 10.1. The Morgan fingerprint density at radius 3 is 2.16 bits per heavy atom. The summed E-state index contributed by atoms with van der Waals surface area (Å²) >= 11 is 18.1. The molecule has 0 aliphatic heterocycles. The van der Waals surface area contributed by atoms with Crippen LogP contribution in [0.15, 0.2) is 36.4 Å². The first kappa shape index (κ1) is 26.2. The van der Waals surface area contributed by atoms with Crippen LogP contribution in [0.3, 0.4) is 0 Å². The van der Waals surface area contributed by atoms with Gasteiger partial charge in [0.2, 0.25) is 21.8 Å². The van der Waals surface area contributed by atoms with Gasteiger partial charge < -0.3 is 10.2 Å². The standard InChI is InChI=1S/C20H21Cl3FN3O4S/c1-12(20(29)25-2)26(10-13-4-6-14(24)7-5-13)19(28)11-27(32(3,30)31)18-9-16(22)15(21)8-17(18)23/h4-9,12H,10-11H2,1-3H3,(H,25,29)/t12-/m0/s1. The highest BCUT2D eigenvalue weighted by Crippen LogP contribution is 2.35. The maximum absolute atomic E-state index is 13.3. The maximum Gasteiger partial charge on any atom is 0.244 e. The monoisotopic (exact) mass is 523 g/mol. The van der Waals surface area contributed by atoms with Crippen LogP contribution in [0.1, 0.15) is 12.5 Å². The summed E-state index contributed by atoms with van der Waals surface area (Å²) in [6.45, 7) is 0.788.